The molecule has 1 aromatic heterocycles. The molecule has 1 amide bonds. The van der Waals surface area contributed by atoms with Crippen molar-refractivity contribution < 1.29 is 13.2 Å². The molecule has 9 heteroatoms. The molecule has 0 radical (unpaired) electrons. The number of nitrogens with zero attached hydrogens (tertiary/aromatic N) is 2. The van der Waals surface area contributed by atoms with E-state index < -0.39 is 15.9 Å². The number of fused-ring (bicyclic) bond motifs is 1. The third-order valence-corrected chi connectivity index (χ3v) is 4.57. The average molecular weight is 351 g/mol. The highest BCUT2D eigenvalue weighted by molar-refractivity contribution is 7.89. The number of aromatic nitrogens is 2. The first-order valence-corrected chi connectivity index (χ1v) is 8.34. The van der Waals surface area contributed by atoms with E-state index in [1.807, 2.05) is 12.1 Å². The summed E-state index contributed by atoms with van der Waals surface area (Å²) in [5, 5.41) is 5.03. The molecule has 3 N–H and O–H groups in total. The van der Waals surface area contributed by atoms with Gasteiger partial charge in [0.1, 0.15) is 11.2 Å². The number of hydrogen-bond donors (Lipinski definition) is 2. The Hall–Kier alpha value is -2.42. The maximum atomic E-state index is 12.3. The second kappa shape index (κ2) is 5.65. The van der Waals surface area contributed by atoms with Gasteiger partial charge in [-0.15, -0.1) is 0 Å². The molecule has 2 aromatic carbocycles. The van der Waals surface area contributed by atoms with Gasteiger partial charge in [0.05, 0.1) is 16.1 Å². The van der Waals surface area contributed by atoms with Crippen molar-refractivity contribution >= 4 is 38.6 Å². The number of benzene rings is 2. The Balaban J connectivity index is 1.95. The number of nitrogens with two attached hydrogens (primary N) is 1. The number of carbonyl (C=O) groups excluding carboxylic acids is 1. The summed E-state index contributed by atoms with van der Waals surface area (Å²) in [4.78, 5) is 16.2. The zero-order valence-corrected chi connectivity index (χ0v) is 13.2. The lowest BCUT2D eigenvalue weighted by Crippen LogP contribution is -2.22. The molecule has 7 nitrogen and oxygen atoms in total. The van der Waals surface area contributed by atoms with E-state index in [1.54, 1.807) is 12.1 Å². The Morgan fingerprint density at radius 1 is 1.22 bits per heavy atom. The molecule has 0 atom stereocenters. The van der Waals surface area contributed by atoms with Crippen LogP contribution in [0, 0.1) is 0 Å². The number of halogens is 1. The normalized spacial score (nSPS) is 11.6. The Morgan fingerprint density at radius 2 is 1.96 bits per heavy atom. The molecular weight excluding hydrogens is 340 g/mol. The van der Waals surface area contributed by atoms with Crippen molar-refractivity contribution in [1.82, 2.24) is 9.66 Å². The van der Waals surface area contributed by atoms with Crippen LogP contribution in [-0.2, 0) is 10.0 Å². The molecule has 118 valence electrons. The predicted octanol–water partition coefficient (Wildman–Crippen LogP) is 1.72. The summed E-state index contributed by atoms with van der Waals surface area (Å²) in [6.07, 6.45) is 1.46. The number of hydrogen-bond acceptors (Lipinski definition) is 4. The molecule has 0 fully saturated rings. The lowest BCUT2D eigenvalue weighted by Gasteiger charge is -2.09. The van der Waals surface area contributed by atoms with Crippen molar-refractivity contribution in [3.63, 3.8) is 0 Å². The third kappa shape index (κ3) is 3.04. The topological polar surface area (TPSA) is 107 Å². The Bertz CT molecular complexity index is 1010. The lowest BCUT2D eigenvalue weighted by molar-refractivity contribution is 0.101. The smallest absolute Gasteiger partial charge is 0.267 e. The van der Waals surface area contributed by atoms with Crippen LogP contribution in [0.5, 0.6) is 0 Å². The van der Waals surface area contributed by atoms with E-state index >= 15 is 0 Å². The highest BCUT2D eigenvalue weighted by Crippen LogP contribution is 2.21. The van der Waals surface area contributed by atoms with Crippen molar-refractivity contribution in [3.8, 4) is 0 Å². The van der Waals surface area contributed by atoms with Gasteiger partial charge in [-0.1, -0.05) is 23.7 Å². The molecule has 0 saturated heterocycles. The predicted molar refractivity (Wildman–Crippen MR) is 86.2 cm³/mol. The van der Waals surface area contributed by atoms with Crippen LogP contribution in [0.4, 0.5) is 0 Å². The molecule has 0 aliphatic carbocycles. The first-order chi connectivity index (χ1) is 10.9. The quantitative estimate of drug-likeness (QED) is 0.749. The van der Waals surface area contributed by atoms with Gasteiger partial charge in [-0.2, -0.15) is 0 Å². The van der Waals surface area contributed by atoms with Crippen molar-refractivity contribution in [2.24, 2.45) is 5.14 Å². The lowest BCUT2D eigenvalue weighted by atomic mass is 10.2. The van der Waals surface area contributed by atoms with Crippen LogP contribution in [0.3, 0.4) is 0 Å². The molecule has 3 aromatic rings. The summed E-state index contributed by atoms with van der Waals surface area (Å²) in [5.41, 5.74) is 4.15. The third-order valence-electron chi connectivity index (χ3n) is 3.18. The van der Waals surface area contributed by atoms with Gasteiger partial charge in [-0.3, -0.25) is 10.2 Å². The minimum Gasteiger partial charge on any atom is -0.267 e. The Labute approximate surface area is 136 Å². The van der Waals surface area contributed by atoms with Gasteiger partial charge in [0.15, 0.2) is 0 Å². The second-order valence-electron chi connectivity index (χ2n) is 4.73. The molecule has 23 heavy (non-hydrogen) atoms. The van der Waals surface area contributed by atoms with E-state index in [0.29, 0.717) is 11.0 Å². The van der Waals surface area contributed by atoms with Gasteiger partial charge < -0.3 is 0 Å². The zero-order chi connectivity index (χ0) is 16.6. The van der Waals surface area contributed by atoms with E-state index in [-0.39, 0.29) is 15.5 Å². The van der Waals surface area contributed by atoms with Crippen LogP contribution in [0.25, 0.3) is 11.0 Å². The summed E-state index contributed by atoms with van der Waals surface area (Å²) in [6, 6.07) is 11.1. The first kappa shape index (κ1) is 15.5. The highest BCUT2D eigenvalue weighted by atomic mass is 35.5. The van der Waals surface area contributed by atoms with E-state index in [0.717, 1.165) is 6.07 Å². The number of rotatable bonds is 3. The molecule has 3 rings (SSSR count). The molecule has 1 heterocycles. The Kier molecular flexibility index (Phi) is 3.80. The van der Waals surface area contributed by atoms with E-state index in [1.165, 1.54) is 23.1 Å². The minimum absolute atomic E-state index is 0.0443. The molecular formula is C14H11ClN4O3S. The summed E-state index contributed by atoms with van der Waals surface area (Å²) < 4.78 is 24.4. The fourth-order valence-corrected chi connectivity index (χ4v) is 3.16. The minimum atomic E-state index is -4.02. The first-order valence-electron chi connectivity index (χ1n) is 6.42. The standard InChI is InChI=1S/C14H11ClN4O3S/c15-10-6-5-9(7-13(10)23(16,21)22)14(20)18-19-8-17-11-3-1-2-4-12(11)19/h1-8H,(H,18,20)(H2,16,21,22). The Morgan fingerprint density at radius 3 is 2.70 bits per heavy atom. The number of sulfonamides is 1. The monoisotopic (exact) mass is 350 g/mol. The van der Waals surface area contributed by atoms with E-state index in [9.17, 15) is 13.2 Å². The summed E-state index contributed by atoms with van der Waals surface area (Å²) >= 11 is 5.80. The van der Waals surface area contributed by atoms with Gasteiger partial charge in [0.25, 0.3) is 5.91 Å². The number of amides is 1. The molecule has 0 aliphatic heterocycles. The van der Waals surface area contributed by atoms with Crippen LogP contribution in [0.1, 0.15) is 10.4 Å². The highest BCUT2D eigenvalue weighted by Gasteiger charge is 2.17. The number of para-hydroxylation sites is 2. The van der Waals surface area contributed by atoms with Crippen LogP contribution >= 0.6 is 11.6 Å². The SMILES string of the molecule is NS(=O)(=O)c1cc(C(=O)Nn2cnc3ccccc32)ccc1Cl. The van der Waals surface area contributed by atoms with Crippen LogP contribution in [0.15, 0.2) is 53.7 Å². The average Bonchev–Trinajstić information content (AvgIpc) is 2.90. The molecule has 0 unspecified atom stereocenters. The fourth-order valence-electron chi connectivity index (χ4n) is 2.08. The van der Waals surface area contributed by atoms with Gasteiger partial charge in [0, 0.05) is 5.56 Å². The van der Waals surface area contributed by atoms with Crippen molar-refractivity contribution in [2.75, 3.05) is 5.43 Å². The van der Waals surface area contributed by atoms with Crippen molar-refractivity contribution in [3.05, 3.63) is 59.4 Å². The van der Waals surface area contributed by atoms with Gasteiger partial charge in [0.2, 0.25) is 10.0 Å². The number of nitrogens with one attached hydrogen (secondary N) is 1. The zero-order valence-electron chi connectivity index (χ0n) is 11.6. The molecule has 0 bridgehead atoms. The molecule has 0 spiro atoms. The van der Waals surface area contributed by atoms with E-state index in [2.05, 4.69) is 10.4 Å². The summed E-state index contributed by atoms with van der Waals surface area (Å²) in [7, 11) is -4.02. The number of carbonyl (C=O) groups is 1. The van der Waals surface area contributed by atoms with Gasteiger partial charge in [-0.05, 0) is 30.3 Å². The van der Waals surface area contributed by atoms with Crippen LogP contribution in [-0.4, -0.2) is 24.0 Å². The number of primary sulfonamides is 1. The number of imidazole rings is 1. The van der Waals surface area contributed by atoms with Crippen molar-refractivity contribution in [2.45, 2.75) is 4.90 Å². The van der Waals surface area contributed by atoms with Crippen molar-refractivity contribution in [1.29, 1.82) is 0 Å². The molecule has 0 aliphatic rings. The fraction of sp³-hybridized carbons (Fsp3) is 0. The maximum Gasteiger partial charge on any atom is 0.270 e. The summed E-state index contributed by atoms with van der Waals surface area (Å²) in [5.74, 6) is -0.519. The maximum absolute atomic E-state index is 12.3. The summed E-state index contributed by atoms with van der Waals surface area (Å²) in [6.45, 7) is 0. The van der Waals surface area contributed by atoms with Crippen LogP contribution in [0.2, 0.25) is 5.02 Å². The molecule has 0 saturated carbocycles. The second-order valence-corrected chi connectivity index (χ2v) is 6.67. The largest absolute Gasteiger partial charge is 0.270 e. The van der Waals surface area contributed by atoms with Crippen LogP contribution < -0.4 is 10.6 Å². The van der Waals surface area contributed by atoms with Gasteiger partial charge >= 0.3 is 0 Å². The van der Waals surface area contributed by atoms with Gasteiger partial charge in [-0.25, -0.2) is 23.2 Å². The van der Waals surface area contributed by atoms with E-state index in [4.69, 9.17) is 16.7 Å².